The number of aliphatic imine (C=N–C) groups is 1. The van der Waals surface area contributed by atoms with Gasteiger partial charge in [0, 0.05) is 5.75 Å². The first kappa shape index (κ1) is 14.7. The van der Waals surface area contributed by atoms with Crippen molar-refractivity contribution in [3.8, 4) is 0 Å². The van der Waals surface area contributed by atoms with E-state index in [0.29, 0.717) is 16.8 Å². The van der Waals surface area contributed by atoms with Crippen molar-refractivity contribution in [1.82, 2.24) is 10.2 Å². The van der Waals surface area contributed by atoms with Crippen LogP contribution in [0.25, 0.3) is 0 Å². The Kier molecular flexibility index (Phi) is 3.96. The lowest BCUT2D eigenvalue weighted by Gasteiger charge is -2.36. The van der Waals surface area contributed by atoms with Crippen LogP contribution in [0.3, 0.4) is 0 Å². The highest BCUT2D eigenvalue weighted by atomic mass is 32.2. The average molecular weight is 318 g/mol. The summed E-state index contributed by atoms with van der Waals surface area (Å²) < 4.78 is 0. The summed E-state index contributed by atoms with van der Waals surface area (Å²) in [6.45, 7) is 0. The summed E-state index contributed by atoms with van der Waals surface area (Å²) in [7, 11) is 0. The lowest BCUT2D eigenvalue weighted by molar-refractivity contribution is 0.200. The molecule has 3 rings (SSSR count). The van der Waals surface area contributed by atoms with E-state index >= 15 is 0 Å². The van der Waals surface area contributed by atoms with Crippen LogP contribution in [-0.2, 0) is 5.54 Å². The molecule has 1 saturated carbocycles. The Balaban J connectivity index is 2.05. The fourth-order valence-electron chi connectivity index (χ4n) is 3.32. The van der Waals surface area contributed by atoms with E-state index < -0.39 is 11.6 Å². The Bertz CT molecular complexity index is 686. The highest BCUT2D eigenvalue weighted by molar-refractivity contribution is 8.13. The maximum Gasteiger partial charge on any atom is 0.410 e. The maximum atomic E-state index is 10.9. The van der Waals surface area contributed by atoms with E-state index in [1.165, 1.54) is 11.8 Å². The third-order valence-corrected chi connectivity index (χ3v) is 5.27. The number of thioether (sulfide) groups is 1. The number of fused-ring (bicyclic) bond motifs is 1. The van der Waals surface area contributed by atoms with Crippen molar-refractivity contribution in [2.24, 2.45) is 16.0 Å². The average Bonchev–Trinajstić information content (AvgIpc) is 2.91. The second kappa shape index (κ2) is 5.90. The summed E-state index contributed by atoms with van der Waals surface area (Å²) in [5.74, 6) is 1.24. The third-order valence-electron chi connectivity index (χ3n) is 4.23. The first-order chi connectivity index (χ1) is 10.6. The van der Waals surface area contributed by atoms with E-state index in [0.717, 1.165) is 30.6 Å². The second-order valence-electron chi connectivity index (χ2n) is 5.42. The lowest BCUT2D eigenvalue weighted by atomic mass is 9.81. The molecule has 22 heavy (non-hydrogen) atoms. The van der Waals surface area contributed by atoms with E-state index in [1.54, 1.807) is 6.07 Å². The van der Waals surface area contributed by atoms with Crippen molar-refractivity contribution in [3.63, 3.8) is 0 Å². The summed E-state index contributed by atoms with van der Waals surface area (Å²) in [4.78, 5) is 18.7. The van der Waals surface area contributed by atoms with Crippen molar-refractivity contribution >= 4 is 28.7 Å². The number of hydrogen-bond donors (Lipinski definition) is 3. The number of hydrogen-bond acceptors (Lipinski definition) is 5. The van der Waals surface area contributed by atoms with Gasteiger partial charge in [0.1, 0.15) is 5.53 Å². The van der Waals surface area contributed by atoms with Crippen LogP contribution in [0, 0.1) is 11.4 Å². The lowest BCUT2D eigenvalue weighted by Crippen LogP contribution is -2.39. The Labute approximate surface area is 131 Å². The summed E-state index contributed by atoms with van der Waals surface area (Å²) in [5, 5.41) is 15.5. The SMILES string of the molecule is N=[N+]=Nc1cccc([C@]23CCCC2CSC(NC(=O)O)=N3)c1. The van der Waals surface area contributed by atoms with Crippen molar-refractivity contribution in [3.05, 3.63) is 29.8 Å². The zero-order valence-electron chi connectivity index (χ0n) is 11.8. The van der Waals surface area contributed by atoms with Gasteiger partial charge in [0.2, 0.25) is 4.91 Å². The monoisotopic (exact) mass is 318 g/mol. The number of nitrogens with zero attached hydrogens (tertiary/aromatic N) is 3. The summed E-state index contributed by atoms with van der Waals surface area (Å²) in [6.07, 6.45) is 1.96. The number of amidine groups is 1. The van der Waals surface area contributed by atoms with Crippen LogP contribution in [0.15, 0.2) is 34.4 Å². The Morgan fingerprint density at radius 3 is 3.23 bits per heavy atom. The van der Waals surface area contributed by atoms with E-state index in [9.17, 15) is 4.79 Å². The van der Waals surface area contributed by atoms with Crippen LogP contribution in [0.2, 0.25) is 0 Å². The van der Waals surface area contributed by atoms with E-state index in [1.807, 2.05) is 18.2 Å². The van der Waals surface area contributed by atoms with E-state index in [-0.39, 0.29) is 0 Å². The minimum absolute atomic E-state index is 0.389. The molecule has 0 spiro atoms. The normalized spacial score (nSPS) is 26.5. The maximum absolute atomic E-state index is 10.9. The van der Waals surface area contributed by atoms with Crippen molar-refractivity contribution in [1.29, 1.82) is 5.53 Å². The van der Waals surface area contributed by atoms with Crippen molar-refractivity contribution in [2.45, 2.75) is 24.8 Å². The quantitative estimate of drug-likeness (QED) is 0.574. The molecule has 3 N–H and O–H groups in total. The molecule has 1 aliphatic carbocycles. The van der Waals surface area contributed by atoms with Crippen LogP contribution in [0.1, 0.15) is 24.8 Å². The summed E-state index contributed by atoms with van der Waals surface area (Å²) in [6, 6.07) is 7.57. The second-order valence-corrected chi connectivity index (χ2v) is 6.43. The van der Waals surface area contributed by atoms with Crippen LogP contribution < -0.4 is 10.2 Å². The number of amides is 1. The standard InChI is InChI=1S/C14H15N5O2S/c15-19-18-11-5-1-3-9(7-11)14-6-2-4-10(14)8-22-12(17-14)16-13(20)21/h1,3,5,7,10,15H,2,4,6,8H2,(H-,16,17,20,21)/p+1/t10?,14-/m1/s1. The summed E-state index contributed by atoms with van der Waals surface area (Å²) >= 11 is 1.46. The molecule has 8 heteroatoms. The fraction of sp³-hybridized carbons (Fsp3) is 0.429. The minimum atomic E-state index is -1.09. The molecule has 1 aromatic rings. The van der Waals surface area contributed by atoms with Gasteiger partial charge in [-0.15, -0.1) is 0 Å². The number of nitrogens with one attached hydrogen (secondary N) is 2. The summed E-state index contributed by atoms with van der Waals surface area (Å²) in [5.41, 5.74) is 8.11. The first-order valence-electron chi connectivity index (χ1n) is 7.05. The smallest absolute Gasteiger partial charge is 0.410 e. The van der Waals surface area contributed by atoms with Gasteiger partial charge >= 0.3 is 6.09 Å². The topological polar surface area (TPSA) is 112 Å². The van der Waals surface area contributed by atoms with Gasteiger partial charge in [-0.25, -0.2) is 4.79 Å². The Morgan fingerprint density at radius 1 is 1.59 bits per heavy atom. The number of carboxylic acid groups (broad SMARTS) is 1. The van der Waals surface area contributed by atoms with Gasteiger partial charge in [-0.1, -0.05) is 30.3 Å². The van der Waals surface area contributed by atoms with Gasteiger partial charge in [0.05, 0.1) is 5.54 Å². The zero-order valence-corrected chi connectivity index (χ0v) is 12.6. The fourth-order valence-corrected chi connectivity index (χ4v) is 4.51. The third kappa shape index (κ3) is 2.63. The highest BCUT2D eigenvalue weighted by Crippen LogP contribution is 2.51. The molecule has 0 radical (unpaired) electrons. The largest absolute Gasteiger partial charge is 0.465 e. The highest BCUT2D eigenvalue weighted by Gasteiger charge is 2.47. The van der Waals surface area contributed by atoms with E-state index in [4.69, 9.17) is 15.6 Å². The van der Waals surface area contributed by atoms with Crippen LogP contribution >= 0.6 is 11.8 Å². The molecule has 2 atom stereocenters. The Morgan fingerprint density at radius 2 is 2.45 bits per heavy atom. The Hall–Kier alpha value is -2.18. The molecule has 1 amide bonds. The van der Waals surface area contributed by atoms with Gasteiger partial charge in [0.25, 0.3) is 0 Å². The van der Waals surface area contributed by atoms with Gasteiger partial charge < -0.3 is 5.11 Å². The number of benzene rings is 1. The molecule has 1 aliphatic heterocycles. The van der Waals surface area contributed by atoms with Gasteiger partial charge in [-0.3, -0.25) is 10.3 Å². The van der Waals surface area contributed by atoms with Crippen molar-refractivity contribution in [2.75, 3.05) is 5.75 Å². The molecule has 2 aliphatic rings. The predicted molar refractivity (Wildman–Crippen MR) is 83.5 cm³/mol. The molecule has 0 saturated heterocycles. The molecule has 1 aromatic carbocycles. The first-order valence-corrected chi connectivity index (χ1v) is 8.03. The van der Waals surface area contributed by atoms with Crippen LogP contribution in [0.5, 0.6) is 0 Å². The molecular weight excluding hydrogens is 302 g/mol. The predicted octanol–water partition coefficient (Wildman–Crippen LogP) is 3.23. The molecule has 7 nitrogen and oxygen atoms in total. The van der Waals surface area contributed by atoms with Gasteiger partial charge in [0.15, 0.2) is 16.0 Å². The minimum Gasteiger partial charge on any atom is -0.465 e. The molecule has 0 aromatic heterocycles. The van der Waals surface area contributed by atoms with Gasteiger partial charge in [-0.05, 0) is 36.5 Å². The molecule has 0 bridgehead atoms. The molecule has 114 valence electrons. The van der Waals surface area contributed by atoms with E-state index in [2.05, 4.69) is 15.3 Å². The molecule has 1 fully saturated rings. The van der Waals surface area contributed by atoms with Crippen LogP contribution in [0.4, 0.5) is 10.5 Å². The number of carbonyl (C=O) groups is 1. The van der Waals surface area contributed by atoms with Crippen molar-refractivity contribution < 1.29 is 9.90 Å². The number of rotatable bonds is 2. The molecule has 1 heterocycles. The molecular formula is C14H16N5O2S+. The molecule has 1 unspecified atom stereocenters. The van der Waals surface area contributed by atoms with Crippen LogP contribution in [-0.4, -0.2) is 22.1 Å². The zero-order chi connectivity index (χ0) is 15.6. The van der Waals surface area contributed by atoms with Gasteiger partial charge in [-0.2, -0.15) is 0 Å².